The first kappa shape index (κ1) is 30.1. The number of hydrogen-bond donors (Lipinski definition) is 1. The molecule has 0 saturated heterocycles. The van der Waals surface area contributed by atoms with Crippen molar-refractivity contribution in [3.8, 4) is 33.4 Å². The smallest absolute Gasteiger partial charge is 0.0334 e. The Hall–Kier alpha value is -5.99. The number of benzene rings is 6. The molecule has 1 aliphatic carbocycles. The minimum Gasteiger partial charge on any atom is -0.387 e. The largest absolute Gasteiger partial charge is 0.387 e. The first-order chi connectivity index (χ1) is 24.6. The topological polar surface area (TPSA) is 24.9 Å². The Balaban J connectivity index is 1.28. The van der Waals surface area contributed by atoms with Crippen LogP contribution >= 0.6 is 0 Å². The van der Waals surface area contributed by atoms with Gasteiger partial charge in [-0.05, 0) is 139 Å². The molecule has 0 fully saturated rings. The molecule has 2 heterocycles. The van der Waals surface area contributed by atoms with E-state index in [1.54, 1.807) is 0 Å². The van der Waals surface area contributed by atoms with Gasteiger partial charge in [-0.15, -0.1) is 0 Å². The van der Waals surface area contributed by atoms with Crippen molar-refractivity contribution in [3.05, 3.63) is 185 Å². The molecule has 0 saturated carbocycles. The van der Waals surface area contributed by atoms with Crippen molar-refractivity contribution in [3.63, 3.8) is 0 Å². The first-order valence-electron chi connectivity index (χ1n) is 17.6. The monoisotopic (exact) mass is 642 g/mol. The Morgan fingerprint density at radius 2 is 1.30 bits per heavy atom. The standard InChI is InChI=1S/C48H38N2/c1-31-28-36(33-20-24-49-25-21-33)14-17-39(31)47-43-11-5-6-12-44(43)48(40-18-15-37(29-32(40)2)34-22-26-50-27-23-34)46-30-38(16-19-45(46)47)42-13-7-9-35-8-3-4-10-41(35)42/h3-26,28-29,38,50H,27,30H2,1-2H3. The van der Waals surface area contributed by atoms with E-state index < -0.39 is 0 Å². The van der Waals surface area contributed by atoms with E-state index in [4.69, 9.17) is 0 Å². The Bertz CT molecular complexity index is 2530. The predicted molar refractivity (Wildman–Crippen MR) is 212 cm³/mol. The van der Waals surface area contributed by atoms with Gasteiger partial charge < -0.3 is 5.32 Å². The van der Waals surface area contributed by atoms with Gasteiger partial charge in [-0.1, -0.05) is 121 Å². The second kappa shape index (κ2) is 12.5. The number of fused-ring (bicyclic) bond motifs is 3. The minimum atomic E-state index is 0.265. The first-order valence-corrected chi connectivity index (χ1v) is 17.6. The number of nitrogens with one attached hydrogen (secondary N) is 1. The molecule has 1 aromatic heterocycles. The summed E-state index contributed by atoms with van der Waals surface area (Å²) >= 11 is 0. The van der Waals surface area contributed by atoms with E-state index in [0.717, 1.165) is 13.0 Å². The molecule has 9 rings (SSSR count). The van der Waals surface area contributed by atoms with Crippen molar-refractivity contribution in [2.24, 2.45) is 0 Å². The van der Waals surface area contributed by atoms with Crippen LogP contribution in [0.25, 0.3) is 66.6 Å². The van der Waals surface area contributed by atoms with Gasteiger partial charge in [0.25, 0.3) is 0 Å². The van der Waals surface area contributed by atoms with Crippen molar-refractivity contribution in [2.45, 2.75) is 26.2 Å². The molecule has 50 heavy (non-hydrogen) atoms. The summed E-state index contributed by atoms with van der Waals surface area (Å²) < 4.78 is 0. The summed E-state index contributed by atoms with van der Waals surface area (Å²) in [5.74, 6) is 0.265. The molecule has 0 spiro atoms. The zero-order valence-electron chi connectivity index (χ0n) is 28.4. The van der Waals surface area contributed by atoms with E-state index in [2.05, 4.69) is 164 Å². The lowest BCUT2D eigenvalue weighted by molar-refractivity contribution is 0.837. The molecule has 0 bridgehead atoms. The lowest BCUT2D eigenvalue weighted by Gasteiger charge is -2.29. The van der Waals surface area contributed by atoms with E-state index >= 15 is 0 Å². The number of hydrogen-bond acceptors (Lipinski definition) is 2. The van der Waals surface area contributed by atoms with Gasteiger partial charge in [0.15, 0.2) is 0 Å². The second-order valence-corrected chi connectivity index (χ2v) is 13.6. The Morgan fingerprint density at radius 1 is 0.620 bits per heavy atom. The maximum absolute atomic E-state index is 4.24. The molecule has 2 aliphatic rings. The fourth-order valence-electron chi connectivity index (χ4n) is 8.25. The molecule has 240 valence electrons. The van der Waals surface area contributed by atoms with Crippen LogP contribution in [0.2, 0.25) is 0 Å². The van der Waals surface area contributed by atoms with Crippen molar-refractivity contribution in [1.82, 2.24) is 10.3 Å². The summed E-state index contributed by atoms with van der Waals surface area (Å²) in [5, 5.41) is 8.52. The summed E-state index contributed by atoms with van der Waals surface area (Å²) in [6.07, 6.45) is 16.0. The number of aromatic nitrogens is 1. The summed E-state index contributed by atoms with van der Waals surface area (Å²) in [5.41, 5.74) is 16.9. The van der Waals surface area contributed by atoms with Crippen molar-refractivity contribution < 1.29 is 0 Å². The van der Waals surface area contributed by atoms with Crippen LogP contribution in [0.5, 0.6) is 0 Å². The Labute approximate surface area is 294 Å². The number of rotatable bonds is 5. The maximum Gasteiger partial charge on any atom is 0.0334 e. The zero-order valence-corrected chi connectivity index (χ0v) is 28.4. The second-order valence-electron chi connectivity index (χ2n) is 13.6. The van der Waals surface area contributed by atoms with Gasteiger partial charge >= 0.3 is 0 Å². The SMILES string of the molecule is Cc1cc(-c2ccncc2)ccc1-c1c2c(c(-c3ccc(C4=CCNC=C4)cc3C)c3ccccc13)CC(c1cccc3ccccc13)C=C2. The van der Waals surface area contributed by atoms with Gasteiger partial charge in [0.05, 0.1) is 0 Å². The number of dihydropyridines is 1. The Morgan fingerprint density at radius 3 is 2.06 bits per heavy atom. The van der Waals surface area contributed by atoms with Crippen LogP contribution in [0, 0.1) is 13.8 Å². The van der Waals surface area contributed by atoms with E-state index in [9.17, 15) is 0 Å². The van der Waals surface area contributed by atoms with Crippen LogP contribution in [-0.4, -0.2) is 11.5 Å². The summed E-state index contributed by atoms with van der Waals surface area (Å²) in [7, 11) is 0. The van der Waals surface area contributed by atoms with E-state index in [-0.39, 0.29) is 5.92 Å². The van der Waals surface area contributed by atoms with Crippen LogP contribution in [0.3, 0.4) is 0 Å². The molecule has 1 aliphatic heterocycles. The van der Waals surface area contributed by atoms with Crippen LogP contribution in [0.15, 0.2) is 152 Å². The fraction of sp³-hybridized carbons (Fsp3) is 0.104. The molecule has 0 amide bonds. The molecular weight excluding hydrogens is 605 g/mol. The van der Waals surface area contributed by atoms with Gasteiger partial charge in [0.1, 0.15) is 0 Å². The number of nitrogens with zero attached hydrogens (tertiary/aromatic N) is 1. The molecule has 1 N–H and O–H groups in total. The molecule has 2 heteroatoms. The van der Waals surface area contributed by atoms with Gasteiger partial charge in [-0.2, -0.15) is 0 Å². The van der Waals surface area contributed by atoms with Crippen LogP contribution in [-0.2, 0) is 6.42 Å². The highest BCUT2D eigenvalue weighted by Crippen LogP contribution is 2.48. The van der Waals surface area contributed by atoms with E-state index in [1.165, 1.54) is 93.9 Å². The normalized spacial score (nSPS) is 15.2. The quantitative estimate of drug-likeness (QED) is 0.202. The lowest BCUT2D eigenvalue weighted by Crippen LogP contribution is -2.11. The zero-order chi connectivity index (χ0) is 33.6. The van der Waals surface area contributed by atoms with Crippen molar-refractivity contribution in [2.75, 3.05) is 6.54 Å². The lowest BCUT2D eigenvalue weighted by atomic mass is 9.74. The number of aryl methyl sites for hydroxylation is 2. The summed E-state index contributed by atoms with van der Waals surface area (Å²) in [6.45, 7) is 5.40. The van der Waals surface area contributed by atoms with Gasteiger partial charge in [0, 0.05) is 24.9 Å². The van der Waals surface area contributed by atoms with Gasteiger partial charge in [0.2, 0.25) is 0 Å². The van der Waals surface area contributed by atoms with E-state index in [0.29, 0.717) is 0 Å². The highest BCUT2D eigenvalue weighted by molar-refractivity contribution is 6.11. The molecule has 7 aromatic rings. The maximum atomic E-state index is 4.24. The van der Waals surface area contributed by atoms with Crippen molar-refractivity contribution >= 4 is 33.2 Å². The van der Waals surface area contributed by atoms with E-state index in [1.807, 2.05) is 18.6 Å². The highest BCUT2D eigenvalue weighted by atomic mass is 14.8. The van der Waals surface area contributed by atoms with Crippen LogP contribution < -0.4 is 5.32 Å². The average molecular weight is 643 g/mol. The van der Waals surface area contributed by atoms with Gasteiger partial charge in [-0.3, -0.25) is 4.98 Å². The molecule has 2 nitrogen and oxygen atoms in total. The number of allylic oxidation sites excluding steroid dienone is 3. The minimum absolute atomic E-state index is 0.265. The van der Waals surface area contributed by atoms with Crippen LogP contribution in [0.1, 0.15) is 39.3 Å². The third-order valence-corrected chi connectivity index (χ3v) is 10.7. The molecular formula is C48H38N2. The summed E-state index contributed by atoms with van der Waals surface area (Å²) in [6, 6.07) is 42.8. The molecule has 1 unspecified atom stereocenters. The Kier molecular flexibility index (Phi) is 7.51. The van der Waals surface area contributed by atoms with Crippen molar-refractivity contribution in [1.29, 1.82) is 0 Å². The molecule has 0 radical (unpaired) electrons. The predicted octanol–water partition coefficient (Wildman–Crippen LogP) is 11.9. The van der Waals surface area contributed by atoms with Gasteiger partial charge in [-0.25, -0.2) is 0 Å². The van der Waals surface area contributed by atoms with Crippen LogP contribution in [0.4, 0.5) is 0 Å². The number of pyridine rings is 1. The third-order valence-electron chi connectivity index (χ3n) is 10.7. The fourth-order valence-corrected chi connectivity index (χ4v) is 8.25. The average Bonchev–Trinajstić information content (AvgIpc) is 3.17. The molecule has 6 aromatic carbocycles. The molecule has 1 atom stereocenters. The highest BCUT2D eigenvalue weighted by Gasteiger charge is 2.27. The third kappa shape index (κ3) is 5.16. The summed E-state index contributed by atoms with van der Waals surface area (Å²) in [4.78, 5) is 4.24.